The first-order valence-electron chi connectivity index (χ1n) is 5.15. The van der Waals surface area contributed by atoms with E-state index in [0.29, 0.717) is 4.57 Å². The highest BCUT2D eigenvalue weighted by molar-refractivity contribution is 6.32. The molecule has 0 unspecified atom stereocenters. The van der Waals surface area contributed by atoms with Gasteiger partial charge in [-0.25, -0.2) is 4.79 Å². The largest absolute Gasteiger partial charge is 0.394 e. The molecule has 0 amide bonds. The van der Waals surface area contributed by atoms with E-state index in [-0.39, 0.29) is 10.8 Å². The second kappa shape index (κ2) is 4.67. The van der Waals surface area contributed by atoms with Gasteiger partial charge in [-0.3, -0.25) is 4.57 Å². The van der Waals surface area contributed by atoms with E-state index in [4.69, 9.17) is 27.2 Å². The van der Waals surface area contributed by atoms with Crippen LogP contribution in [0.15, 0.2) is 11.0 Å². The maximum atomic E-state index is 13.8. The molecule has 2 heterocycles. The molecule has 0 radical (unpaired) electrons. The zero-order valence-electron chi connectivity index (χ0n) is 9.33. The Kier molecular flexibility index (Phi) is 3.47. The van der Waals surface area contributed by atoms with Crippen LogP contribution < -0.4 is 11.4 Å². The molecule has 10 heteroatoms. The lowest BCUT2D eigenvalue weighted by Gasteiger charge is -2.21. The van der Waals surface area contributed by atoms with Crippen LogP contribution in [0.1, 0.15) is 6.23 Å². The molecule has 0 spiro atoms. The van der Waals surface area contributed by atoms with Gasteiger partial charge < -0.3 is 20.7 Å². The summed E-state index contributed by atoms with van der Waals surface area (Å²) in [5.41, 5.74) is 4.16. The van der Waals surface area contributed by atoms with Gasteiger partial charge in [0, 0.05) is 6.20 Å². The van der Waals surface area contributed by atoms with E-state index in [1.54, 1.807) is 0 Å². The summed E-state index contributed by atoms with van der Waals surface area (Å²) in [5.74, 6) is -4.08. The number of rotatable bonds is 2. The van der Waals surface area contributed by atoms with Crippen molar-refractivity contribution in [3.05, 3.63) is 21.7 Å². The van der Waals surface area contributed by atoms with E-state index in [0.717, 1.165) is 6.20 Å². The van der Waals surface area contributed by atoms with Crippen molar-refractivity contribution in [2.75, 3.05) is 12.3 Å². The highest BCUT2D eigenvalue weighted by atomic mass is 35.5. The molecule has 3 atom stereocenters. The molecule has 2 rings (SSSR count). The van der Waals surface area contributed by atoms with Crippen LogP contribution in [-0.2, 0) is 4.74 Å². The van der Waals surface area contributed by atoms with Crippen molar-refractivity contribution in [3.63, 3.8) is 0 Å². The van der Waals surface area contributed by atoms with Gasteiger partial charge in [0.2, 0.25) is 6.23 Å². The number of aromatic nitrogens is 2. The summed E-state index contributed by atoms with van der Waals surface area (Å²) in [6.07, 6.45) is -5.02. The predicted molar refractivity (Wildman–Crippen MR) is 59.9 cm³/mol. The van der Waals surface area contributed by atoms with Gasteiger partial charge in [0.05, 0.1) is 11.6 Å². The summed E-state index contributed by atoms with van der Waals surface area (Å²) in [7, 11) is 0. The highest BCUT2D eigenvalue weighted by Crippen LogP contribution is 2.42. The Hall–Kier alpha value is -1.29. The number of nitrogens with zero attached hydrogens (tertiary/aromatic N) is 2. The van der Waals surface area contributed by atoms with Crippen LogP contribution in [0.4, 0.5) is 14.6 Å². The Bertz CT molecular complexity index is 553. The maximum absolute atomic E-state index is 13.8. The Morgan fingerprint density at radius 2 is 2.26 bits per heavy atom. The van der Waals surface area contributed by atoms with Gasteiger partial charge in [0.1, 0.15) is 11.9 Å². The molecule has 0 saturated carbocycles. The number of nitrogens with two attached hydrogens (primary N) is 1. The first kappa shape index (κ1) is 14.1. The van der Waals surface area contributed by atoms with E-state index in [2.05, 4.69) is 4.98 Å². The van der Waals surface area contributed by atoms with E-state index in [9.17, 15) is 18.7 Å². The van der Waals surface area contributed by atoms with Gasteiger partial charge in [-0.2, -0.15) is 13.8 Å². The van der Waals surface area contributed by atoms with Gasteiger partial charge in [-0.1, -0.05) is 11.6 Å². The summed E-state index contributed by atoms with van der Waals surface area (Å²) in [6, 6.07) is 0. The number of aliphatic hydroxyl groups excluding tert-OH is 2. The number of ether oxygens (including phenoxy) is 1. The molecule has 1 aromatic heterocycles. The number of halogens is 3. The number of nitrogen functional groups attached to an aromatic ring is 1. The lowest BCUT2D eigenvalue weighted by Crippen LogP contribution is -2.41. The monoisotopic (exact) mass is 297 g/mol. The zero-order valence-corrected chi connectivity index (χ0v) is 10.1. The molecular weight excluding hydrogens is 288 g/mol. The van der Waals surface area contributed by atoms with Crippen LogP contribution in [0.2, 0.25) is 5.02 Å². The van der Waals surface area contributed by atoms with E-state index < -0.39 is 36.7 Å². The molecule has 4 N–H and O–H groups in total. The zero-order chi connectivity index (χ0) is 14.4. The van der Waals surface area contributed by atoms with Crippen LogP contribution in [0.25, 0.3) is 0 Å². The second-order valence-corrected chi connectivity index (χ2v) is 4.40. The molecule has 106 valence electrons. The van der Waals surface area contributed by atoms with E-state index >= 15 is 0 Å². The third kappa shape index (κ3) is 2.18. The number of anilines is 1. The van der Waals surface area contributed by atoms with Crippen molar-refractivity contribution in [2.24, 2.45) is 0 Å². The molecule has 19 heavy (non-hydrogen) atoms. The third-order valence-corrected chi connectivity index (χ3v) is 3.04. The maximum Gasteiger partial charge on any atom is 0.351 e. The summed E-state index contributed by atoms with van der Waals surface area (Å²) in [6.45, 7) is -0.821. The fourth-order valence-corrected chi connectivity index (χ4v) is 1.89. The minimum atomic E-state index is -3.78. The summed E-state index contributed by atoms with van der Waals surface area (Å²) >= 11 is 5.60. The van der Waals surface area contributed by atoms with Crippen molar-refractivity contribution >= 4 is 17.4 Å². The molecule has 7 nitrogen and oxygen atoms in total. The van der Waals surface area contributed by atoms with Crippen molar-refractivity contribution in [1.82, 2.24) is 9.55 Å². The normalized spacial score (nSPS) is 29.6. The van der Waals surface area contributed by atoms with Gasteiger partial charge in [-0.15, -0.1) is 0 Å². The molecular formula is C9H10ClF2N3O4. The Morgan fingerprint density at radius 1 is 1.63 bits per heavy atom. The smallest absolute Gasteiger partial charge is 0.351 e. The minimum Gasteiger partial charge on any atom is -0.394 e. The molecule has 1 aliphatic heterocycles. The van der Waals surface area contributed by atoms with Crippen molar-refractivity contribution in [2.45, 2.75) is 24.4 Å². The van der Waals surface area contributed by atoms with Gasteiger partial charge in [-0.05, 0) is 0 Å². The van der Waals surface area contributed by atoms with Crippen LogP contribution in [0.5, 0.6) is 0 Å². The predicted octanol–water partition coefficient (Wildman–Crippen LogP) is -0.635. The van der Waals surface area contributed by atoms with Gasteiger partial charge >= 0.3 is 11.6 Å². The molecule has 1 aliphatic rings. The molecule has 1 saturated heterocycles. The average Bonchev–Trinajstić information content (AvgIpc) is 2.56. The van der Waals surface area contributed by atoms with Gasteiger partial charge in [0.25, 0.3) is 0 Å². The third-order valence-electron chi connectivity index (χ3n) is 2.75. The summed E-state index contributed by atoms with van der Waals surface area (Å²) in [5, 5.41) is 18.0. The number of aliphatic hydroxyl groups is 2. The Labute approximate surface area is 110 Å². The molecule has 1 fully saturated rings. The average molecular weight is 298 g/mol. The number of hydrogen-bond donors (Lipinski definition) is 3. The minimum absolute atomic E-state index is 0.207. The van der Waals surface area contributed by atoms with Crippen molar-refractivity contribution < 1.29 is 23.7 Å². The molecule has 0 aliphatic carbocycles. The molecule has 1 aromatic rings. The van der Waals surface area contributed by atoms with E-state index in [1.165, 1.54) is 0 Å². The highest BCUT2D eigenvalue weighted by Gasteiger charge is 2.59. The Morgan fingerprint density at radius 3 is 2.79 bits per heavy atom. The van der Waals surface area contributed by atoms with Crippen LogP contribution >= 0.6 is 11.6 Å². The molecule has 0 bridgehead atoms. The second-order valence-electron chi connectivity index (χ2n) is 3.99. The first-order valence-corrected chi connectivity index (χ1v) is 5.53. The van der Waals surface area contributed by atoms with Crippen molar-refractivity contribution in [1.29, 1.82) is 0 Å². The fourth-order valence-electron chi connectivity index (χ4n) is 1.74. The van der Waals surface area contributed by atoms with Crippen LogP contribution in [0, 0.1) is 0 Å². The first-order chi connectivity index (χ1) is 8.78. The van der Waals surface area contributed by atoms with Gasteiger partial charge in [0.15, 0.2) is 6.10 Å². The molecule has 0 aromatic carbocycles. The topological polar surface area (TPSA) is 111 Å². The lowest BCUT2D eigenvalue weighted by atomic mass is 10.1. The van der Waals surface area contributed by atoms with Crippen LogP contribution in [0.3, 0.4) is 0 Å². The lowest BCUT2D eigenvalue weighted by molar-refractivity contribution is -0.140. The van der Waals surface area contributed by atoms with Crippen molar-refractivity contribution in [3.8, 4) is 0 Å². The quantitative estimate of drug-likeness (QED) is 0.670. The number of hydrogen-bond acceptors (Lipinski definition) is 6. The summed E-state index contributed by atoms with van der Waals surface area (Å²) < 4.78 is 32.8. The Balaban J connectivity index is 2.48. The van der Waals surface area contributed by atoms with E-state index in [1.807, 2.05) is 0 Å². The SMILES string of the molecule is Nc1nc(=O)n([C@@H]2O[C@H](CO)[C@@H](O)C2(F)F)cc1Cl. The fraction of sp³-hybridized carbons (Fsp3) is 0.556. The standard InChI is InChI=1S/C9H10ClF2N3O4/c10-3-1-15(8(18)14-6(3)13)7-9(11,12)5(17)4(2-16)19-7/h1,4-5,7,16-17H,2H2,(H2,13,14,18)/t4-,5-,7-/m1/s1. The van der Waals surface area contributed by atoms with Crippen LogP contribution in [-0.4, -0.2) is 44.5 Å². The number of alkyl halides is 2. The summed E-state index contributed by atoms with van der Waals surface area (Å²) in [4.78, 5) is 14.8.